The summed E-state index contributed by atoms with van der Waals surface area (Å²) in [5, 5.41) is 17.9. The zero-order chi connectivity index (χ0) is 16.3. The molecule has 0 aliphatic heterocycles. The fraction of sp³-hybridized carbons (Fsp3) is 0.0625. The summed E-state index contributed by atoms with van der Waals surface area (Å²) in [6.07, 6.45) is -0.217. The molecule has 0 atom stereocenters. The summed E-state index contributed by atoms with van der Waals surface area (Å²) in [6.45, 7) is 0. The maximum atomic E-state index is 13.3. The number of ketones is 1. The van der Waals surface area contributed by atoms with Crippen molar-refractivity contribution in [3.05, 3.63) is 70.5 Å². The van der Waals surface area contributed by atoms with Crippen molar-refractivity contribution in [3.63, 3.8) is 0 Å². The molecule has 0 fully saturated rings. The van der Waals surface area contributed by atoms with Crippen molar-refractivity contribution >= 4 is 17.7 Å². The third-order valence-electron chi connectivity index (χ3n) is 3.08. The molecule has 0 aliphatic rings. The summed E-state index contributed by atoms with van der Waals surface area (Å²) >= 11 is 0. The van der Waals surface area contributed by atoms with E-state index in [1.54, 1.807) is 0 Å². The van der Waals surface area contributed by atoms with Crippen molar-refractivity contribution in [1.29, 1.82) is 0 Å². The van der Waals surface area contributed by atoms with Crippen molar-refractivity contribution in [3.8, 4) is 0 Å². The molecule has 0 heterocycles. The highest BCUT2D eigenvalue weighted by Gasteiger charge is 2.17. The molecule has 0 saturated heterocycles. The van der Waals surface area contributed by atoms with E-state index in [1.165, 1.54) is 30.3 Å². The van der Waals surface area contributed by atoms with Crippen molar-refractivity contribution in [1.82, 2.24) is 0 Å². The van der Waals surface area contributed by atoms with Crippen LogP contribution in [0.3, 0.4) is 0 Å². The molecule has 22 heavy (non-hydrogen) atoms. The molecule has 5 nitrogen and oxygen atoms in total. The lowest BCUT2D eigenvalue weighted by atomic mass is 9.97. The normalized spacial score (nSPS) is 10.2. The Morgan fingerprint density at radius 2 is 1.45 bits per heavy atom. The number of aromatic carboxylic acids is 2. The molecule has 112 valence electrons. The number of carbonyl (C=O) groups is 3. The molecule has 0 spiro atoms. The number of rotatable bonds is 5. The van der Waals surface area contributed by atoms with E-state index >= 15 is 0 Å². The first kappa shape index (κ1) is 15.4. The number of carbonyl (C=O) groups excluding carboxylic acids is 1. The summed E-state index contributed by atoms with van der Waals surface area (Å²) in [6, 6.07) is 9.06. The second-order valence-electron chi connectivity index (χ2n) is 4.57. The standard InChI is InChI=1S/C16H11FO5/c17-13-6-5-9(7-12(13)16(21)22)8-14(18)10-3-1-2-4-11(10)15(19)20/h1-7H,8H2,(H,19,20)(H,21,22). The fourth-order valence-corrected chi connectivity index (χ4v) is 2.04. The number of carboxylic acid groups (broad SMARTS) is 2. The van der Waals surface area contributed by atoms with Gasteiger partial charge in [-0.2, -0.15) is 0 Å². The number of carboxylic acids is 2. The predicted octanol–water partition coefficient (Wildman–Crippen LogP) is 2.65. The van der Waals surface area contributed by atoms with E-state index in [2.05, 4.69) is 0 Å². The molecule has 0 aromatic heterocycles. The zero-order valence-electron chi connectivity index (χ0n) is 11.2. The van der Waals surface area contributed by atoms with Gasteiger partial charge in [-0.1, -0.05) is 24.3 Å². The highest BCUT2D eigenvalue weighted by Crippen LogP contribution is 2.16. The van der Waals surface area contributed by atoms with Gasteiger partial charge in [0.25, 0.3) is 0 Å². The Morgan fingerprint density at radius 1 is 0.864 bits per heavy atom. The van der Waals surface area contributed by atoms with Gasteiger partial charge in [0, 0.05) is 12.0 Å². The van der Waals surface area contributed by atoms with Gasteiger partial charge in [-0.15, -0.1) is 0 Å². The van der Waals surface area contributed by atoms with Crippen LogP contribution in [0.4, 0.5) is 4.39 Å². The molecular formula is C16H11FO5. The molecule has 0 aliphatic carbocycles. The molecule has 6 heteroatoms. The van der Waals surface area contributed by atoms with Crippen molar-refractivity contribution in [2.24, 2.45) is 0 Å². The summed E-state index contributed by atoms with van der Waals surface area (Å²) in [5.74, 6) is -4.04. The Kier molecular flexibility index (Phi) is 4.31. The maximum Gasteiger partial charge on any atom is 0.338 e. The van der Waals surface area contributed by atoms with Gasteiger partial charge in [0.05, 0.1) is 11.1 Å². The predicted molar refractivity (Wildman–Crippen MR) is 74.8 cm³/mol. The Morgan fingerprint density at radius 3 is 2.05 bits per heavy atom. The monoisotopic (exact) mass is 302 g/mol. The van der Waals surface area contributed by atoms with Crippen LogP contribution in [0.5, 0.6) is 0 Å². The highest BCUT2D eigenvalue weighted by molar-refractivity contribution is 6.06. The molecule has 0 radical (unpaired) electrons. The van der Waals surface area contributed by atoms with Crippen LogP contribution in [0.2, 0.25) is 0 Å². The lowest BCUT2D eigenvalue weighted by Gasteiger charge is -2.06. The van der Waals surface area contributed by atoms with Gasteiger partial charge in [0.2, 0.25) is 0 Å². The van der Waals surface area contributed by atoms with E-state index in [4.69, 9.17) is 10.2 Å². The lowest BCUT2D eigenvalue weighted by molar-refractivity contribution is 0.0682. The van der Waals surface area contributed by atoms with Crippen LogP contribution in [0, 0.1) is 5.82 Å². The van der Waals surface area contributed by atoms with E-state index < -0.39 is 29.1 Å². The maximum absolute atomic E-state index is 13.3. The van der Waals surface area contributed by atoms with Gasteiger partial charge in [-0.25, -0.2) is 14.0 Å². The van der Waals surface area contributed by atoms with Gasteiger partial charge >= 0.3 is 11.9 Å². The molecule has 2 N–H and O–H groups in total. The van der Waals surface area contributed by atoms with Crippen LogP contribution < -0.4 is 0 Å². The lowest BCUT2D eigenvalue weighted by Crippen LogP contribution is -2.11. The average Bonchev–Trinajstić information content (AvgIpc) is 2.48. The first-order chi connectivity index (χ1) is 10.4. The van der Waals surface area contributed by atoms with E-state index in [1.807, 2.05) is 0 Å². The van der Waals surface area contributed by atoms with Crippen molar-refractivity contribution in [2.75, 3.05) is 0 Å². The molecule has 2 aromatic carbocycles. The van der Waals surface area contributed by atoms with Gasteiger partial charge in [0.15, 0.2) is 5.78 Å². The van der Waals surface area contributed by atoms with Crippen LogP contribution in [0.25, 0.3) is 0 Å². The van der Waals surface area contributed by atoms with Gasteiger partial charge < -0.3 is 10.2 Å². The topological polar surface area (TPSA) is 91.7 Å². The molecule has 0 unspecified atom stereocenters. The van der Waals surface area contributed by atoms with E-state index in [0.717, 1.165) is 12.1 Å². The van der Waals surface area contributed by atoms with Crippen LogP contribution in [0.15, 0.2) is 42.5 Å². The quantitative estimate of drug-likeness (QED) is 0.828. The summed E-state index contributed by atoms with van der Waals surface area (Å²) < 4.78 is 13.3. The number of benzene rings is 2. The number of hydrogen-bond donors (Lipinski definition) is 2. The minimum atomic E-state index is -1.43. The Labute approximate surface area is 124 Å². The summed E-state index contributed by atoms with van der Waals surface area (Å²) in [7, 11) is 0. The van der Waals surface area contributed by atoms with Crippen LogP contribution in [-0.2, 0) is 6.42 Å². The first-order valence-electron chi connectivity index (χ1n) is 6.27. The van der Waals surface area contributed by atoms with Crippen LogP contribution in [-0.4, -0.2) is 27.9 Å². The van der Waals surface area contributed by atoms with Crippen molar-refractivity contribution < 1.29 is 29.0 Å². The SMILES string of the molecule is O=C(O)c1cc(CC(=O)c2ccccc2C(=O)O)ccc1F. The fourth-order valence-electron chi connectivity index (χ4n) is 2.04. The van der Waals surface area contributed by atoms with Crippen LogP contribution >= 0.6 is 0 Å². The Bertz CT molecular complexity index is 767. The average molecular weight is 302 g/mol. The molecule has 0 bridgehead atoms. The molecule has 2 aromatic rings. The van der Waals surface area contributed by atoms with Crippen LogP contribution in [0.1, 0.15) is 36.6 Å². The Balaban J connectivity index is 2.32. The minimum absolute atomic E-state index is 0.0243. The second-order valence-corrected chi connectivity index (χ2v) is 4.57. The van der Waals surface area contributed by atoms with Gasteiger partial charge in [-0.3, -0.25) is 4.79 Å². The Hall–Kier alpha value is -3.02. The number of Topliss-reactive ketones (excluding diaryl/α,β-unsaturated/α-hetero) is 1. The molecular weight excluding hydrogens is 291 g/mol. The second kappa shape index (κ2) is 6.17. The minimum Gasteiger partial charge on any atom is -0.478 e. The largest absolute Gasteiger partial charge is 0.478 e. The van der Waals surface area contributed by atoms with Crippen molar-refractivity contribution in [2.45, 2.75) is 6.42 Å². The molecule has 0 amide bonds. The third-order valence-corrected chi connectivity index (χ3v) is 3.08. The van der Waals surface area contributed by atoms with E-state index in [-0.39, 0.29) is 17.5 Å². The van der Waals surface area contributed by atoms with E-state index in [0.29, 0.717) is 5.56 Å². The molecule has 0 saturated carbocycles. The summed E-state index contributed by atoms with van der Waals surface area (Å²) in [5.41, 5.74) is -0.343. The number of hydrogen-bond acceptors (Lipinski definition) is 3. The van der Waals surface area contributed by atoms with Gasteiger partial charge in [-0.05, 0) is 23.8 Å². The first-order valence-corrected chi connectivity index (χ1v) is 6.27. The molecule has 2 rings (SSSR count). The highest BCUT2D eigenvalue weighted by atomic mass is 19.1. The van der Waals surface area contributed by atoms with E-state index in [9.17, 15) is 18.8 Å². The zero-order valence-corrected chi connectivity index (χ0v) is 11.2. The van der Waals surface area contributed by atoms with Gasteiger partial charge in [0.1, 0.15) is 5.82 Å². The third kappa shape index (κ3) is 3.17. The number of halogens is 1. The smallest absolute Gasteiger partial charge is 0.338 e. The summed E-state index contributed by atoms with van der Waals surface area (Å²) in [4.78, 5) is 34.2.